The van der Waals surface area contributed by atoms with Crippen molar-refractivity contribution in [3.8, 4) is 0 Å². The van der Waals surface area contributed by atoms with Gasteiger partial charge < -0.3 is 9.73 Å². The maximum atomic E-state index is 5.55. The minimum Gasteiger partial charge on any atom is -0.441 e. The Morgan fingerprint density at radius 3 is 2.81 bits per heavy atom. The molecule has 110 valence electrons. The summed E-state index contributed by atoms with van der Waals surface area (Å²) in [5, 5.41) is 7.97. The lowest BCUT2D eigenvalue weighted by molar-refractivity contribution is 0.529. The standard InChI is InChI=1S/C16H20N4O/c1-10(2)20-9-13(11(3)19-20)8-17-14-6-5-7-15-16(14)18-12(4)21-15/h5-7,9-10,17H,8H2,1-4H3. The van der Waals surface area contributed by atoms with Gasteiger partial charge in [0.05, 0.1) is 11.4 Å². The zero-order valence-electron chi connectivity index (χ0n) is 12.8. The van der Waals surface area contributed by atoms with Crippen molar-refractivity contribution in [2.75, 3.05) is 5.32 Å². The van der Waals surface area contributed by atoms with Crippen molar-refractivity contribution in [3.63, 3.8) is 0 Å². The van der Waals surface area contributed by atoms with E-state index in [0.29, 0.717) is 11.9 Å². The van der Waals surface area contributed by atoms with Crippen molar-refractivity contribution in [2.24, 2.45) is 0 Å². The van der Waals surface area contributed by atoms with Crippen LogP contribution in [0, 0.1) is 13.8 Å². The lowest BCUT2D eigenvalue weighted by atomic mass is 10.2. The van der Waals surface area contributed by atoms with E-state index < -0.39 is 0 Å². The number of hydrogen-bond donors (Lipinski definition) is 1. The van der Waals surface area contributed by atoms with Gasteiger partial charge in [0, 0.05) is 31.3 Å². The minimum absolute atomic E-state index is 0.374. The van der Waals surface area contributed by atoms with Crippen molar-refractivity contribution in [3.05, 3.63) is 41.5 Å². The van der Waals surface area contributed by atoms with Gasteiger partial charge in [-0.1, -0.05) is 6.07 Å². The zero-order chi connectivity index (χ0) is 15.0. The Morgan fingerprint density at radius 2 is 2.10 bits per heavy atom. The van der Waals surface area contributed by atoms with Gasteiger partial charge in [-0.3, -0.25) is 4.68 Å². The van der Waals surface area contributed by atoms with Crippen LogP contribution in [0.15, 0.2) is 28.8 Å². The van der Waals surface area contributed by atoms with Crippen LogP contribution in [0.2, 0.25) is 0 Å². The normalized spacial score (nSPS) is 11.5. The summed E-state index contributed by atoms with van der Waals surface area (Å²) < 4.78 is 7.55. The fourth-order valence-electron chi connectivity index (χ4n) is 2.35. The molecule has 1 N–H and O–H groups in total. The number of aryl methyl sites for hydroxylation is 2. The van der Waals surface area contributed by atoms with E-state index in [4.69, 9.17) is 4.42 Å². The topological polar surface area (TPSA) is 55.9 Å². The Hall–Kier alpha value is -2.30. The quantitative estimate of drug-likeness (QED) is 0.791. The monoisotopic (exact) mass is 284 g/mol. The van der Waals surface area contributed by atoms with Crippen LogP contribution in [-0.4, -0.2) is 14.8 Å². The smallest absolute Gasteiger partial charge is 0.192 e. The first kappa shape index (κ1) is 13.7. The molecule has 21 heavy (non-hydrogen) atoms. The third-order valence-corrected chi connectivity index (χ3v) is 3.54. The lowest BCUT2D eigenvalue weighted by Gasteiger charge is -2.06. The van der Waals surface area contributed by atoms with E-state index >= 15 is 0 Å². The van der Waals surface area contributed by atoms with Gasteiger partial charge in [-0.05, 0) is 32.9 Å². The molecule has 0 aliphatic carbocycles. The molecular formula is C16H20N4O. The van der Waals surface area contributed by atoms with Crippen LogP contribution in [0.5, 0.6) is 0 Å². The summed E-state index contributed by atoms with van der Waals surface area (Å²) in [7, 11) is 0. The van der Waals surface area contributed by atoms with Crippen molar-refractivity contribution < 1.29 is 4.42 Å². The molecule has 0 aliphatic heterocycles. The maximum absolute atomic E-state index is 5.55. The zero-order valence-corrected chi connectivity index (χ0v) is 12.8. The number of nitrogens with zero attached hydrogens (tertiary/aromatic N) is 3. The van der Waals surface area contributed by atoms with E-state index in [1.54, 1.807) is 0 Å². The Labute approximate surface area is 124 Å². The van der Waals surface area contributed by atoms with Crippen LogP contribution < -0.4 is 5.32 Å². The number of nitrogens with one attached hydrogen (secondary N) is 1. The van der Waals surface area contributed by atoms with Gasteiger partial charge in [0.25, 0.3) is 0 Å². The van der Waals surface area contributed by atoms with Gasteiger partial charge in [-0.15, -0.1) is 0 Å². The highest BCUT2D eigenvalue weighted by Crippen LogP contribution is 2.24. The molecule has 5 nitrogen and oxygen atoms in total. The number of fused-ring (bicyclic) bond motifs is 1. The molecule has 0 saturated heterocycles. The van der Waals surface area contributed by atoms with Crippen molar-refractivity contribution in [2.45, 2.75) is 40.3 Å². The largest absolute Gasteiger partial charge is 0.441 e. The number of benzene rings is 1. The van der Waals surface area contributed by atoms with Crippen molar-refractivity contribution in [1.29, 1.82) is 0 Å². The van der Waals surface area contributed by atoms with Crippen LogP contribution >= 0.6 is 0 Å². The summed E-state index contributed by atoms with van der Waals surface area (Å²) in [4.78, 5) is 4.43. The Morgan fingerprint density at radius 1 is 1.29 bits per heavy atom. The Balaban J connectivity index is 1.83. The average Bonchev–Trinajstić information content (AvgIpc) is 2.99. The molecular weight excluding hydrogens is 264 g/mol. The van der Waals surface area contributed by atoms with Crippen LogP contribution in [0.3, 0.4) is 0 Å². The van der Waals surface area contributed by atoms with Gasteiger partial charge in [0.1, 0.15) is 5.52 Å². The average molecular weight is 284 g/mol. The highest BCUT2D eigenvalue weighted by atomic mass is 16.3. The fraction of sp³-hybridized carbons (Fsp3) is 0.375. The number of anilines is 1. The number of oxazole rings is 1. The molecule has 2 aromatic heterocycles. The molecule has 2 heterocycles. The van der Waals surface area contributed by atoms with Gasteiger partial charge >= 0.3 is 0 Å². The molecule has 0 spiro atoms. The lowest BCUT2D eigenvalue weighted by Crippen LogP contribution is -2.01. The van der Waals surface area contributed by atoms with E-state index in [0.717, 1.165) is 29.0 Å². The molecule has 0 fully saturated rings. The maximum Gasteiger partial charge on any atom is 0.192 e. The second-order valence-corrected chi connectivity index (χ2v) is 5.55. The summed E-state index contributed by atoms with van der Waals surface area (Å²) in [6.07, 6.45) is 2.10. The van der Waals surface area contributed by atoms with Crippen LogP contribution in [0.25, 0.3) is 11.1 Å². The second-order valence-electron chi connectivity index (χ2n) is 5.55. The van der Waals surface area contributed by atoms with Crippen LogP contribution in [-0.2, 0) is 6.54 Å². The third-order valence-electron chi connectivity index (χ3n) is 3.54. The predicted octanol–water partition coefficient (Wildman–Crippen LogP) is 3.83. The first-order valence-corrected chi connectivity index (χ1v) is 7.19. The fourth-order valence-corrected chi connectivity index (χ4v) is 2.35. The first-order valence-electron chi connectivity index (χ1n) is 7.19. The highest BCUT2D eigenvalue weighted by Gasteiger charge is 2.10. The Kier molecular flexibility index (Phi) is 3.41. The summed E-state index contributed by atoms with van der Waals surface area (Å²) in [6, 6.07) is 6.30. The van der Waals surface area contributed by atoms with Crippen LogP contribution in [0.1, 0.15) is 37.0 Å². The molecule has 0 radical (unpaired) electrons. The van der Waals surface area contributed by atoms with Gasteiger partial charge in [-0.2, -0.15) is 5.10 Å². The number of hydrogen-bond acceptors (Lipinski definition) is 4. The van der Waals surface area contributed by atoms with E-state index in [1.165, 1.54) is 5.56 Å². The van der Waals surface area contributed by atoms with Gasteiger partial charge in [0.2, 0.25) is 0 Å². The van der Waals surface area contributed by atoms with Crippen LogP contribution in [0.4, 0.5) is 5.69 Å². The molecule has 0 atom stereocenters. The first-order chi connectivity index (χ1) is 10.0. The van der Waals surface area contributed by atoms with Crippen molar-refractivity contribution >= 4 is 16.8 Å². The van der Waals surface area contributed by atoms with Gasteiger partial charge in [-0.25, -0.2) is 4.98 Å². The summed E-state index contributed by atoms with van der Waals surface area (Å²) >= 11 is 0. The number of aromatic nitrogens is 3. The van der Waals surface area contributed by atoms with Crippen molar-refractivity contribution in [1.82, 2.24) is 14.8 Å². The number of para-hydroxylation sites is 1. The molecule has 5 heteroatoms. The summed E-state index contributed by atoms with van der Waals surface area (Å²) in [6.45, 7) is 8.88. The van der Waals surface area contributed by atoms with Gasteiger partial charge in [0.15, 0.2) is 11.5 Å². The highest BCUT2D eigenvalue weighted by molar-refractivity contribution is 5.86. The third kappa shape index (κ3) is 2.63. The SMILES string of the molecule is Cc1nc2c(NCc3cn(C(C)C)nc3C)cccc2o1. The molecule has 3 aromatic rings. The predicted molar refractivity (Wildman–Crippen MR) is 83.4 cm³/mol. The number of rotatable bonds is 4. The van der Waals surface area contributed by atoms with E-state index in [2.05, 4.69) is 35.4 Å². The molecule has 1 aromatic carbocycles. The van der Waals surface area contributed by atoms with E-state index in [1.807, 2.05) is 36.7 Å². The molecule has 3 rings (SSSR count). The summed E-state index contributed by atoms with van der Waals surface area (Å²) in [5.74, 6) is 0.683. The van der Waals surface area contributed by atoms with E-state index in [9.17, 15) is 0 Å². The molecule has 0 amide bonds. The molecule has 0 aliphatic rings. The Bertz CT molecular complexity index is 770. The van der Waals surface area contributed by atoms with E-state index in [-0.39, 0.29) is 0 Å². The molecule has 0 bridgehead atoms. The minimum atomic E-state index is 0.374. The molecule has 0 saturated carbocycles. The second kappa shape index (κ2) is 5.24. The summed E-state index contributed by atoms with van der Waals surface area (Å²) in [5.41, 5.74) is 4.93. The molecule has 0 unspecified atom stereocenters.